The van der Waals surface area contributed by atoms with Gasteiger partial charge in [0.25, 0.3) is 5.91 Å². The van der Waals surface area contributed by atoms with Crippen molar-refractivity contribution in [2.45, 2.75) is 24.1 Å². The summed E-state index contributed by atoms with van der Waals surface area (Å²) in [7, 11) is 0. The van der Waals surface area contributed by atoms with E-state index in [9.17, 15) is 19.2 Å². The number of fused-ring (bicyclic) bond motifs is 5. The summed E-state index contributed by atoms with van der Waals surface area (Å²) in [5.74, 6) is -3.17. The monoisotopic (exact) mass is 534 g/mol. The third-order valence-electron chi connectivity index (χ3n) is 7.12. The Morgan fingerprint density at radius 1 is 1.03 bits per heavy atom. The van der Waals surface area contributed by atoms with Crippen LogP contribution in [0.15, 0.2) is 42.5 Å². The molecule has 2 saturated carbocycles. The average Bonchev–Trinajstić information content (AvgIpc) is 3.44. The second-order valence-electron chi connectivity index (χ2n) is 9.15. The smallest absolute Gasteiger partial charge is 0.338 e. The molecule has 1 heterocycles. The standard InChI is InChI=1S/C25H21Cl3N2O5/c1-11-5-6-13(8-17(11)26)29-18(31)10-35-25(34)12-3-2-4-14(7-12)30-23(32)19-15-9-16(20(19)24(30)33)22(28)21(15)27/h2-8,15-16,19-22H,9-10H2,1H3,(H,29,31)/t15-,16-,19-,20+,21-,22+/m1/s1. The molecule has 3 amide bonds. The van der Waals surface area contributed by atoms with E-state index in [1.54, 1.807) is 30.3 Å². The summed E-state index contributed by atoms with van der Waals surface area (Å²) in [4.78, 5) is 52.2. The Hall–Kier alpha value is -2.61. The van der Waals surface area contributed by atoms with Gasteiger partial charge >= 0.3 is 5.97 Å². The lowest BCUT2D eigenvalue weighted by Crippen LogP contribution is -2.37. The van der Waals surface area contributed by atoms with Gasteiger partial charge in [-0.25, -0.2) is 4.79 Å². The number of carbonyl (C=O) groups excluding carboxylic acids is 4. The van der Waals surface area contributed by atoms with E-state index < -0.39 is 30.3 Å². The van der Waals surface area contributed by atoms with Crippen LogP contribution in [0.3, 0.4) is 0 Å². The topological polar surface area (TPSA) is 92.8 Å². The number of aryl methyl sites for hydroxylation is 1. The maximum atomic E-state index is 13.2. The molecule has 2 aliphatic carbocycles. The van der Waals surface area contributed by atoms with Crippen LogP contribution in [0.25, 0.3) is 0 Å². The number of esters is 1. The first kappa shape index (κ1) is 24.1. The zero-order valence-electron chi connectivity index (χ0n) is 18.5. The van der Waals surface area contributed by atoms with E-state index in [2.05, 4.69) is 5.32 Å². The SMILES string of the molecule is Cc1ccc(NC(=O)COC(=O)c2cccc(N3C(=O)[C@@H]4[C@H]5C[C@@H]([C@H](Cl)[C@@H]5Cl)[C@@H]4C3=O)c2)cc1Cl. The van der Waals surface area contributed by atoms with Gasteiger partial charge in [0.2, 0.25) is 11.8 Å². The normalized spacial score (nSPS) is 28.9. The number of imide groups is 1. The van der Waals surface area contributed by atoms with Gasteiger partial charge in [-0.2, -0.15) is 0 Å². The molecule has 5 rings (SSSR count). The molecule has 7 nitrogen and oxygen atoms in total. The summed E-state index contributed by atoms with van der Waals surface area (Å²) >= 11 is 18.9. The Bertz CT molecular complexity index is 1220. The largest absolute Gasteiger partial charge is 0.452 e. The zero-order chi connectivity index (χ0) is 25.0. The molecule has 182 valence electrons. The number of ether oxygens (including phenoxy) is 1. The van der Waals surface area contributed by atoms with Crippen molar-refractivity contribution in [2.75, 3.05) is 16.8 Å². The maximum Gasteiger partial charge on any atom is 0.338 e. The van der Waals surface area contributed by atoms with Gasteiger partial charge in [0.05, 0.1) is 33.8 Å². The number of rotatable bonds is 5. The molecule has 35 heavy (non-hydrogen) atoms. The fourth-order valence-corrected chi connectivity index (χ4v) is 6.53. The number of anilines is 2. The zero-order valence-corrected chi connectivity index (χ0v) is 20.8. The van der Waals surface area contributed by atoms with Gasteiger partial charge in [0.15, 0.2) is 6.61 Å². The fraction of sp³-hybridized carbons (Fsp3) is 0.360. The summed E-state index contributed by atoms with van der Waals surface area (Å²) in [6, 6.07) is 11.1. The summed E-state index contributed by atoms with van der Waals surface area (Å²) in [5, 5.41) is 2.42. The molecule has 2 aromatic carbocycles. The van der Waals surface area contributed by atoms with Gasteiger partial charge in [-0.3, -0.25) is 19.3 Å². The van der Waals surface area contributed by atoms with E-state index in [0.717, 1.165) is 10.5 Å². The molecule has 1 N–H and O–H groups in total. The highest BCUT2D eigenvalue weighted by Crippen LogP contribution is 2.59. The molecule has 0 radical (unpaired) electrons. The van der Waals surface area contributed by atoms with Gasteiger partial charge < -0.3 is 10.1 Å². The number of nitrogens with zero attached hydrogens (tertiary/aromatic N) is 1. The van der Waals surface area contributed by atoms with Crippen LogP contribution in [-0.4, -0.2) is 41.1 Å². The quantitative estimate of drug-likeness (QED) is 0.348. The van der Waals surface area contributed by atoms with E-state index in [1.165, 1.54) is 12.1 Å². The van der Waals surface area contributed by atoms with E-state index in [-0.39, 0.29) is 45.7 Å². The summed E-state index contributed by atoms with van der Waals surface area (Å²) in [5.41, 5.74) is 1.73. The molecule has 3 fully saturated rings. The maximum absolute atomic E-state index is 13.2. The molecule has 1 saturated heterocycles. The van der Waals surface area contributed by atoms with Crippen LogP contribution in [0, 0.1) is 30.6 Å². The Morgan fingerprint density at radius 2 is 1.69 bits per heavy atom. The van der Waals surface area contributed by atoms with Crippen LogP contribution in [0.4, 0.5) is 11.4 Å². The van der Waals surface area contributed by atoms with Crippen LogP contribution in [0.1, 0.15) is 22.3 Å². The predicted molar refractivity (Wildman–Crippen MR) is 132 cm³/mol. The van der Waals surface area contributed by atoms with Gasteiger partial charge in [0.1, 0.15) is 0 Å². The number of hydrogen-bond acceptors (Lipinski definition) is 5. The van der Waals surface area contributed by atoms with E-state index in [1.807, 2.05) is 6.92 Å². The summed E-state index contributed by atoms with van der Waals surface area (Å²) < 4.78 is 5.13. The highest BCUT2D eigenvalue weighted by molar-refractivity contribution is 6.32. The molecule has 1 aliphatic heterocycles. The van der Waals surface area contributed by atoms with Gasteiger partial charge in [-0.15, -0.1) is 23.2 Å². The Balaban J connectivity index is 1.26. The van der Waals surface area contributed by atoms with E-state index in [4.69, 9.17) is 39.5 Å². The lowest BCUT2D eigenvalue weighted by molar-refractivity contribution is -0.123. The minimum atomic E-state index is -0.759. The minimum Gasteiger partial charge on any atom is -0.452 e. The number of carbonyl (C=O) groups is 4. The average molecular weight is 536 g/mol. The number of benzene rings is 2. The van der Waals surface area contributed by atoms with Crippen molar-refractivity contribution in [3.05, 3.63) is 58.6 Å². The summed E-state index contributed by atoms with van der Waals surface area (Å²) in [6.45, 7) is 1.32. The first-order valence-electron chi connectivity index (χ1n) is 11.2. The van der Waals surface area contributed by atoms with Crippen molar-refractivity contribution < 1.29 is 23.9 Å². The van der Waals surface area contributed by atoms with Crippen molar-refractivity contribution in [2.24, 2.45) is 23.7 Å². The molecule has 2 bridgehead atoms. The van der Waals surface area contributed by atoms with Gasteiger partial charge in [-0.05, 0) is 61.1 Å². The molecular formula is C25H21Cl3N2O5. The lowest BCUT2D eigenvalue weighted by Gasteiger charge is -2.28. The van der Waals surface area contributed by atoms with Crippen LogP contribution < -0.4 is 10.2 Å². The summed E-state index contributed by atoms with van der Waals surface area (Å²) in [6.07, 6.45) is 0.673. The Kier molecular flexibility index (Phi) is 6.28. The molecule has 0 aromatic heterocycles. The second kappa shape index (κ2) is 9.12. The van der Waals surface area contributed by atoms with E-state index in [0.29, 0.717) is 17.1 Å². The number of halogens is 3. The van der Waals surface area contributed by atoms with Crippen molar-refractivity contribution in [1.29, 1.82) is 0 Å². The first-order valence-corrected chi connectivity index (χ1v) is 12.4. The number of amides is 3. The lowest BCUT2D eigenvalue weighted by atomic mass is 9.80. The van der Waals surface area contributed by atoms with Crippen LogP contribution in [-0.2, 0) is 19.1 Å². The second-order valence-corrected chi connectivity index (χ2v) is 10.6. The molecule has 2 aromatic rings. The molecular weight excluding hydrogens is 515 g/mol. The minimum absolute atomic E-state index is 0.111. The predicted octanol–water partition coefficient (Wildman–Crippen LogP) is 4.41. The molecule has 0 spiro atoms. The first-order chi connectivity index (χ1) is 16.7. The Labute approximate surface area is 216 Å². The van der Waals surface area contributed by atoms with Crippen molar-refractivity contribution in [1.82, 2.24) is 0 Å². The van der Waals surface area contributed by atoms with E-state index >= 15 is 0 Å². The van der Waals surface area contributed by atoms with Gasteiger partial charge in [-0.1, -0.05) is 23.7 Å². The van der Waals surface area contributed by atoms with Crippen molar-refractivity contribution in [3.8, 4) is 0 Å². The Morgan fingerprint density at radius 3 is 2.31 bits per heavy atom. The molecule has 3 aliphatic rings. The fourth-order valence-electron chi connectivity index (χ4n) is 5.46. The number of nitrogens with one attached hydrogen (secondary N) is 1. The van der Waals surface area contributed by atoms with Crippen LogP contribution in [0.5, 0.6) is 0 Å². The van der Waals surface area contributed by atoms with Crippen LogP contribution >= 0.6 is 34.8 Å². The highest BCUT2D eigenvalue weighted by Gasteiger charge is 2.66. The molecule has 0 unspecified atom stereocenters. The third-order valence-corrected chi connectivity index (χ3v) is 8.84. The number of alkyl halides is 2. The third kappa shape index (κ3) is 4.09. The highest BCUT2D eigenvalue weighted by atomic mass is 35.5. The van der Waals surface area contributed by atoms with Crippen LogP contribution in [0.2, 0.25) is 5.02 Å². The number of hydrogen-bond donors (Lipinski definition) is 1. The van der Waals surface area contributed by atoms with Crippen molar-refractivity contribution in [3.63, 3.8) is 0 Å². The molecule has 10 heteroatoms. The molecule has 6 atom stereocenters. The van der Waals surface area contributed by atoms with Crippen molar-refractivity contribution >= 4 is 69.9 Å². The van der Waals surface area contributed by atoms with Gasteiger partial charge in [0, 0.05) is 10.7 Å².